The zero-order valence-electron chi connectivity index (χ0n) is 15.0. The minimum atomic E-state index is -0.281. The van der Waals surface area contributed by atoms with Crippen LogP contribution >= 0.6 is 0 Å². The second-order valence-electron chi connectivity index (χ2n) is 6.12. The van der Waals surface area contributed by atoms with Crippen molar-refractivity contribution in [2.24, 2.45) is 5.10 Å². The first kappa shape index (κ1) is 17.5. The molecule has 0 atom stereocenters. The minimum absolute atomic E-state index is 0.281. The van der Waals surface area contributed by atoms with E-state index in [1.807, 2.05) is 66.7 Å². The van der Waals surface area contributed by atoms with E-state index in [2.05, 4.69) is 20.5 Å². The number of nitrogens with one attached hydrogen (secondary N) is 1. The maximum Gasteiger partial charge on any atom is 0.244 e. The first-order valence-electron chi connectivity index (χ1n) is 8.82. The van der Waals surface area contributed by atoms with Crippen molar-refractivity contribution in [1.29, 1.82) is 0 Å². The average Bonchev–Trinajstić information content (AvgIpc) is 2.76. The molecule has 3 aromatic carbocycles. The Morgan fingerprint density at radius 3 is 1.79 bits per heavy atom. The van der Waals surface area contributed by atoms with E-state index >= 15 is 0 Å². The molecule has 4 rings (SSSR count). The molecular weight excluding hydrogens is 351 g/mol. The number of halogens is 1. The van der Waals surface area contributed by atoms with Gasteiger partial charge in [0.25, 0.3) is 0 Å². The molecule has 1 aromatic heterocycles. The number of hydrogen-bond acceptors (Lipinski definition) is 4. The molecule has 0 fully saturated rings. The molecule has 1 N–H and O–H groups in total. The highest BCUT2D eigenvalue weighted by molar-refractivity contribution is 5.80. The predicted molar refractivity (Wildman–Crippen MR) is 111 cm³/mol. The Labute approximate surface area is 162 Å². The molecule has 0 aliphatic rings. The molecule has 0 radical (unpaired) electrons. The molecule has 0 saturated carbocycles. The van der Waals surface area contributed by atoms with E-state index in [1.54, 1.807) is 18.3 Å². The highest BCUT2D eigenvalue weighted by Gasteiger charge is 2.08. The van der Waals surface area contributed by atoms with Crippen molar-refractivity contribution in [3.05, 3.63) is 102 Å². The van der Waals surface area contributed by atoms with Crippen LogP contribution in [0.25, 0.3) is 22.5 Å². The lowest BCUT2D eigenvalue weighted by atomic mass is 10.1. The lowest BCUT2D eigenvalue weighted by Crippen LogP contribution is -2.00. The summed E-state index contributed by atoms with van der Waals surface area (Å²) in [6, 6.07) is 27.9. The second-order valence-corrected chi connectivity index (χ2v) is 6.12. The van der Waals surface area contributed by atoms with Crippen LogP contribution in [0.2, 0.25) is 0 Å². The van der Waals surface area contributed by atoms with Gasteiger partial charge in [-0.15, -0.1) is 0 Å². The molecule has 0 spiro atoms. The van der Waals surface area contributed by atoms with Gasteiger partial charge >= 0.3 is 0 Å². The summed E-state index contributed by atoms with van der Waals surface area (Å²) < 4.78 is 13.0. The summed E-state index contributed by atoms with van der Waals surface area (Å²) in [6.07, 6.45) is 1.60. The van der Waals surface area contributed by atoms with E-state index in [9.17, 15) is 4.39 Å². The fourth-order valence-corrected chi connectivity index (χ4v) is 2.72. The molecule has 1 heterocycles. The number of nitrogens with zero attached hydrogens (tertiary/aromatic N) is 3. The number of hydrogen-bond donors (Lipinski definition) is 1. The maximum atomic E-state index is 13.0. The van der Waals surface area contributed by atoms with Crippen LogP contribution in [0.5, 0.6) is 0 Å². The van der Waals surface area contributed by atoms with Crippen molar-refractivity contribution in [3.8, 4) is 22.5 Å². The third-order valence-electron chi connectivity index (χ3n) is 4.11. The molecule has 4 nitrogen and oxygen atoms in total. The normalized spacial score (nSPS) is 10.9. The Morgan fingerprint density at radius 2 is 1.25 bits per heavy atom. The van der Waals surface area contributed by atoms with Gasteiger partial charge in [-0.1, -0.05) is 72.8 Å². The Balaban J connectivity index is 1.66. The van der Waals surface area contributed by atoms with Gasteiger partial charge in [0.2, 0.25) is 5.95 Å². The summed E-state index contributed by atoms with van der Waals surface area (Å²) in [4.78, 5) is 9.16. The molecule has 0 bridgehead atoms. The van der Waals surface area contributed by atoms with Crippen molar-refractivity contribution < 1.29 is 4.39 Å². The Morgan fingerprint density at radius 1 is 0.714 bits per heavy atom. The number of rotatable bonds is 5. The fraction of sp³-hybridized carbons (Fsp3) is 0. The van der Waals surface area contributed by atoms with Crippen molar-refractivity contribution in [3.63, 3.8) is 0 Å². The third kappa shape index (κ3) is 4.27. The van der Waals surface area contributed by atoms with Gasteiger partial charge in [-0.2, -0.15) is 5.10 Å². The van der Waals surface area contributed by atoms with E-state index < -0.39 is 0 Å². The van der Waals surface area contributed by atoms with Crippen molar-refractivity contribution >= 4 is 12.2 Å². The standard InChI is InChI=1S/C23H17FN4/c24-20-13-11-17(12-14-20)16-25-28-23-26-21(18-7-3-1-4-8-18)15-22(27-23)19-9-5-2-6-10-19/h1-16H,(H,26,27,28)/b25-16-. The van der Waals surface area contributed by atoms with E-state index in [0.29, 0.717) is 5.95 Å². The van der Waals surface area contributed by atoms with Crippen LogP contribution in [0, 0.1) is 5.82 Å². The van der Waals surface area contributed by atoms with Crippen LogP contribution in [0.4, 0.5) is 10.3 Å². The number of benzene rings is 3. The Kier molecular flexibility index (Phi) is 5.15. The predicted octanol–water partition coefficient (Wildman–Crippen LogP) is 5.40. The summed E-state index contributed by atoms with van der Waals surface area (Å²) in [5.41, 5.74) is 7.24. The Hall–Kier alpha value is -3.86. The van der Waals surface area contributed by atoms with Gasteiger partial charge in [-0.05, 0) is 23.8 Å². The zero-order valence-corrected chi connectivity index (χ0v) is 15.0. The van der Waals surface area contributed by atoms with Crippen molar-refractivity contribution in [2.45, 2.75) is 0 Å². The smallest absolute Gasteiger partial charge is 0.244 e. The molecule has 0 aliphatic heterocycles. The van der Waals surface area contributed by atoms with Gasteiger partial charge in [0, 0.05) is 11.1 Å². The lowest BCUT2D eigenvalue weighted by Gasteiger charge is -2.08. The minimum Gasteiger partial charge on any atom is -0.245 e. The first-order valence-corrected chi connectivity index (χ1v) is 8.82. The van der Waals surface area contributed by atoms with Gasteiger partial charge in [0.15, 0.2) is 0 Å². The third-order valence-corrected chi connectivity index (χ3v) is 4.11. The lowest BCUT2D eigenvalue weighted by molar-refractivity contribution is 0.628. The average molecular weight is 368 g/mol. The molecule has 0 unspecified atom stereocenters. The number of anilines is 1. The zero-order chi connectivity index (χ0) is 19.2. The summed E-state index contributed by atoms with van der Waals surface area (Å²) in [7, 11) is 0. The highest BCUT2D eigenvalue weighted by Crippen LogP contribution is 2.25. The molecule has 0 amide bonds. The van der Waals surface area contributed by atoms with Gasteiger partial charge < -0.3 is 0 Å². The summed E-state index contributed by atoms with van der Waals surface area (Å²) in [5, 5.41) is 4.19. The number of hydrazone groups is 1. The highest BCUT2D eigenvalue weighted by atomic mass is 19.1. The molecule has 28 heavy (non-hydrogen) atoms. The van der Waals surface area contributed by atoms with Crippen molar-refractivity contribution in [2.75, 3.05) is 5.43 Å². The monoisotopic (exact) mass is 368 g/mol. The van der Waals surface area contributed by atoms with Crippen LogP contribution in [-0.2, 0) is 0 Å². The van der Waals surface area contributed by atoms with Crippen LogP contribution in [-0.4, -0.2) is 16.2 Å². The van der Waals surface area contributed by atoms with E-state index in [1.165, 1.54) is 12.1 Å². The maximum absolute atomic E-state index is 13.0. The molecule has 136 valence electrons. The van der Waals surface area contributed by atoms with Crippen LogP contribution in [0.3, 0.4) is 0 Å². The topological polar surface area (TPSA) is 50.2 Å². The second kappa shape index (κ2) is 8.22. The van der Waals surface area contributed by atoms with Gasteiger partial charge in [0.1, 0.15) is 5.82 Å². The van der Waals surface area contributed by atoms with Crippen LogP contribution < -0.4 is 5.43 Å². The molecular formula is C23H17FN4. The number of aromatic nitrogens is 2. The summed E-state index contributed by atoms with van der Waals surface area (Å²) in [5.74, 6) is 0.107. The van der Waals surface area contributed by atoms with E-state index in [0.717, 1.165) is 28.1 Å². The molecule has 0 saturated heterocycles. The molecule has 0 aliphatic carbocycles. The molecule has 4 aromatic rings. The molecule has 5 heteroatoms. The van der Waals surface area contributed by atoms with Gasteiger partial charge in [-0.25, -0.2) is 19.8 Å². The van der Waals surface area contributed by atoms with E-state index in [-0.39, 0.29) is 5.82 Å². The van der Waals surface area contributed by atoms with Crippen LogP contribution in [0.15, 0.2) is 96.1 Å². The van der Waals surface area contributed by atoms with Crippen molar-refractivity contribution in [1.82, 2.24) is 9.97 Å². The quantitative estimate of drug-likeness (QED) is 0.379. The Bertz CT molecular complexity index is 1020. The van der Waals surface area contributed by atoms with E-state index in [4.69, 9.17) is 0 Å². The van der Waals surface area contributed by atoms with Gasteiger partial charge in [-0.3, -0.25) is 0 Å². The fourth-order valence-electron chi connectivity index (χ4n) is 2.72. The largest absolute Gasteiger partial charge is 0.245 e. The first-order chi connectivity index (χ1) is 13.8. The van der Waals surface area contributed by atoms with Crippen LogP contribution in [0.1, 0.15) is 5.56 Å². The summed E-state index contributed by atoms with van der Waals surface area (Å²) in [6.45, 7) is 0. The SMILES string of the molecule is Fc1ccc(/C=N\Nc2nc(-c3ccccc3)cc(-c3ccccc3)n2)cc1. The summed E-state index contributed by atoms with van der Waals surface area (Å²) >= 11 is 0. The van der Waals surface area contributed by atoms with Gasteiger partial charge in [0.05, 0.1) is 17.6 Å².